The van der Waals surface area contributed by atoms with E-state index >= 15 is 0 Å². The lowest BCUT2D eigenvalue weighted by Gasteiger charge is -2.38. The highest BCUT2D eigenvalue weighted by atomic mass is 19.3. The van der Waals surface area contributed by atoms with Crippen molar-refractivity contribution in [3.05, 3.63) is 66.5 Å². The fourth-order valence-electron chi connectivity index (χ4n) is 4.05. The molecule has 0 bridgehead atoms. The van der Waals surface area contributed by atoms with Gasteiger partial charge in [0, 0.05) is 36.6 Å². The van der Waals surface area contributed by atoms with E-state index in [4.69, 9.17) is 0 Å². The second-order valence-electron chi connectivity index (χ2n) is 8.08. The molecule has 7 nitrogen and oxygen atoms in total. The van der Waals surface area contributed by atoms with Gasteiger partial charge >= 0.3 is 6.61 Å². The first-order valence-electron chi connectivity index (χ1n) is 11.1. The van der Waals surface area contributed by atoms with Crippen molar-refractivity contribution >= 4 is 17.5 Å². The number of aromatic nitrogens is 2. The fourth-order valence-corrected chi connectivity index (χ4v) is 4.05. The number of aliphatic hydroxyl groups is 1. The molecule has 0 spiro atoms. The van der Waals surface area contributed by atoms with Crippen LogP contribution in [0.3, 0.4) is 0 Å². The van der Waals surface area contributed by atoms with Gasteiger partial charge in [-0.2, -0.15) is 8.78 Å². The van der Waals surface area contributed by atoms with E-state index < -0.39 is 12.7 Å². The molecule has 0 saturated carbocycles. The number of carbonyl (C=O) groups is 1. The monoisotopic (exact) mass is 468 g/mol. The van der Waals surface area contributed by atoms with Crippen molar-refractivity contribution in [1.29, 1.82) is 0 Å². The normalized spacial score (nSPS) is 18.1. The standard InChI is InChI=1S/C25H26F2N4O3/c1-2-23(33)31-12-11-20(32)13-22(31)17-3-7-19(8-4-17)30-25-28-14-18(15-29-25)16-5-9-21(10-6-16)34-24(26)27/h3-10,14-15,20,22,24,32H,2,11-13H2,1H3,(H,28,29,30). The number of benzene rings is 2. The average Bonchev–Trinajstić information content (AvgIpc) is 2.85. The molecule has 2 atom stereocenters. The molecule has 1 aromatic heterocycles. The van der Waals surface area contributed by atoms with Crippen molar-refractivity contribution < 1.29 is 23.4 Å². The van der Waals surface area contributed by atoms with E-state index in [1.54, 1.807) is 24.5 Å². The van der Waals surface area contributed by atoms with E-state index in [9.17, 15) is 18.7 Å². The third kappa shape index (κ3) is 5.66. The van der Waals surface area contributed by atoms with Gasteiger partial charge in [0.2, 0.25) is 11.9 Å². The number of piperidine rings is 1. The maximum absolute atomic E-state index is 12.3. The number of ether oxygens (including phenoxy) is 1. The van der Waals surface area contributed by atoms with Crippen LogP contribution in [0, 0.1) is 0 Å². The predicted octanol–water partition coefficient (Wildman–Crippen LogP) is 4.92. The van der Waals surface area contributed by atoms with Crippen LogP contribution in [0.5, 0.6) is 5.75 Å². The molecule has 1 aliphatic heterocycles. The summed E-state index contributed by atoms with van der Waals surface area (Å²) >= 11 is 0. The Hall–Kier alpha value is -3.59. The summed E-state index contributed by atoms with van der Waals surface area (Å²) in [4.78, 5) is 22.8. The number of halogens is 2. The molecule has 1 fully saturated rings. The molecule has 1 aliphatic rings. The first-order valence-corrected chi connectivity index (χ1v) is 11.1. The number of nitrogens with zero attached hydrogens (tertiary/aromatic N) is 3. The lowest BCUT2D eigenvalue weighted by Crippen LogP contribution is -2.42. The maximum Gasteiger partial charge on any atom is 0.387 e. The van der Waals surface area contributed by atoms with Crippen LogP contribution < -0.4 is 10.1 Å². The van der Waals surface area contributed by atoms with Gasteiger partial charge in [0.25, 0.3) is 0 Å². The van der Waals surface area contributed by atoms with Gasteiger partial charge in [0.05, 0.1) is 12.1 Å². The zero-order valence-corrected chi connectivity index (χ0v) is 18.7. The minimum absolute atomic E-state index is 0.0868. The quantitative estimate of drug-likeness (QED) is 0.512. The van der Waals surface area contributed by atoms with E-state index in [-0.39, 0.29) is 17.7 Å². The summed E-state index contributed by atoms with van der Waals surface area (Å²) in [5, 5.41) is 13.3. The highest BCUT2D eigenvalue weighted by Crippen LogP contribution is 2.32. The van der Waals surface area contributed by atoms with Crippen LogP contribution >= 0.6 is 0 Å². The van der Waals surface area contributed by atoms with Crippen molar-refractivity contribution in [2.24, 2.45) is 0 Å². The third-order valence-electron chi connectivity index (χ3n) is 5.81. The van der Waals surface area contributed by atoms with E-state index in [0.717, 1.165) is 22.4 Å². The molecule has 0 aliphatic carbocycles. The second-order valence-corrected chi connectivity index (χ2v) is 8.08. The molecule has 4 rings (SSSR count). The van der Waals surface area contributed by atoms with E-state index in [0.29, 0.717) is 31.8 Å². The Balaban J connectivity index is 1.42. The molecule has 9 heteroatoms. The van der Waals surface area contributed by atoms with E-state index in [1.807, 2.05) is 36.1 Å². The summed E-state index contributed by atoms with van der Waals surface area (Å²) in [6.07, 6.45) is 4.44. The number of rotatable bonds is 7. The summed E-state index contributed by atoms with van der Waals surface area (Å²) < 4.78 is 28.9. The van der Waals surface area contributed by atoms with Gasteiger partial charge in [0.15, 0.2) is 0 Å². The number of nitrogens with one attached hydrogen (secondary N) is 1. The van der Waals surface area contributed by atoms with Crippen LogP contribution in [0.4, 0.5) is 20.4 Å². The Labute approximate surface area is 196 Å². The summed E-state index contributed by atoms with van der Waals surface area (Å²) in [6.45, 7) is -0.457. The van der Waals surface area contributed by atoms with Crippen LogP contribution in [0.2, 0.25) is 0 Å². The largest absolute Gasteiger partial charge is 0.435 e. The average molecular weight is 469 g/mol. The van der Waals surface area contributed by atoms with Crippen LogP contribution in [0.25, 0.3) is 11.1 Å². The number of hydrogen-bond acceptors (Lipinski definition) is 6. The van der Waals surface area contributed by atoms with Gasteiger partial charge in [-0.25, -0.2) is 9.97 Å². The SMILES string of the molecule is CCC(=O)N1CCC(O)CC1c1ccc(Nc2ncc(-c3ccc(OC(F)F)cc3)cn2)cc1. The number of anilines is 2. The zero-order chi connectivity index (χ0) is 24.1. The molecule has 3 aromatic rings. The predicted molar refractivity (Wildman–Crippen MR) is 124 cm³/mol. The molecule has 1 amide bonds. The fraction of sp³-hybridized carbons (Fsp3) is 0.320. The Morgan fingerprint density at radius 1 is 1.12 bits per heavy atom. The minimum Gasteiger partial charge on any atom is -0.435 e. The molecule has 2 unspecified atom stereocenters. The number of carbonyl (C=O) groups excluding carboxylic acids is 1. The number of likely N-dealkylation sites (tertiary alicyclic amines) is 1. The molecule has 1 saturated heterocycles. The van der Waals surface area contributed by atoms with Crippen LogP contribution in [-0.2, 0) is 4.79 Å². The first-order chi connectivity index (χ1) is 16.4. The van der Waals surface area contributed by atoms with Gasteiger partial charge in [0.1, 0.15) is 5.75 Å². The Morgan fingerprint density at radius 2 is 1.79 bits per heavy atom. The molecular weight excluding hydrogens is 442 g/mol. The van der Waals surface area contributed by atoms with Crippen molar-refractivity contribution in [2.75, 3.05) is 11.9 Å². The Kier molecular flexibility index (Phi) is 7.32. The molecule has 2 N–H and O–H groups in total. The molecular formula is C25H26F2N4O3. The van der Waals surface area contributed by atoms with Gasteiger partial charge in [-0.1, -0.05) is 31.2 Å². The lowest BCUT2D eigenvalue weighted by molar-refractivity contribution is -0.136. The zero-order valence-electron chi connectivity index (χ0n) is 18.7. The summed E-state index contributed by atoms with van der Waals surface area (Å²) in [5.74, 6) is 0.583. The highest BCUT2D eigenvalue weighted by molar-refractivity contribution is 5.76. The highest BCUT2D eigenvalue weighted by Gasteiger charge is 2.31. The van der Waals surface area contributed by atoms with E-state index in [1.165, 1.54) is 12.1 Å². The van der Waals surface area contributed by atoms with Crippen molar-refractivity contribution in [3.8, 4) is 16.9 Å². The summed E-state index contributed by atoms with van der Waals surface area (Å²) in [6, 6.07) is 13.8. The smallest absolute Gasteiger partial charge is 0.387 e. The first kappa shape index (κ1) is 23.6. The van der Waals surface area contributed by atoms with Gasteiger partial charge in [-0.05, 0) is 48.2 Å². The van der Waals surface area contributed by atoms with Crippen LogP contribution in [-0.4, -0.2) is 45.1 Å². The molecule has 2 heterocycles. The number of aliphatic hydroxyl groups excluding tert-OH is 1. The lowest BCUT2D eigenvalue weighted by atomic mass is 9.93. The number of alkyl halides is 2. The topological polar surface area (TPSA) is 87.6 Å². The molecule has 34 heavy (non-hydrogen) atoms. The molecule has 2 aromatic carbocycles. The molecule has 0 radical (unpaired) electrons. The maximum atomic E-state index is 12.3. The van der Waals surface area contributed by atoms with Crippen molar-refractivity contribution in [1.82, 2.24) is 14.9 Å². The second kappa shape index (κ2) is 10.6. The van der Waals surface area contributed by atoms with E-state index in [2.05, 4.69) is 20.0 Å². The van der Waals surface area contributed by atoms with Crippen LogP contribution in [0.1, 0.15) is 37.8 Å². The van der Waals surface area contributed by atoms with Gasteiger partial charge in [-0.15, -0.1) is 0 Å². The third-order valence-corrected chi connectivity index (χ3v) is 5.81. The van der Waals surface area contributed by atoms with Crippen molar-refractivity contribution in [2.45, 2.75) is 44.9 Å². The van der Waals surface area contributed by atoms with Gasteiger partial charge < -0.3 is 20.1 Å². The number of amides is 1. The Bertz CT molecular complexity index is 1090. The van der Waals surface area contributed by atoms with Crippen molar-refractivity contribution in [3.63, 3.8) is 0 Å². The van der Waals surface area contributed by atoms with Gasteiger partial charge in [-0.3, -0.25) is 4.79 Å². The minimum atomic E-state index is -2.86. The number of hydrogen-bond donors (Lipinski definition) is 2. The van der Waals surface area contributed by atoms with Crippen LogP contribution in [0.15, 0.2) is 60.9 Å². The Morgan fingerprint density at radius 3 is 2.41 bits per heavy atom. The summed E-state index contributed by atoms with van der Waals surface area (Å²) in [7, 11) is 0. The summed E-state index contributed by atoms with van der Waals surface area (Å²) in [5.41, 5.74) is 3.27. The molecule has 178 valence electrons.